The molecule has 39 heavy (non-hydrogen) atoms. The number of halogens is 3. The average molecular weight is 548 g/mol. The highest BCUT2D eigenvalue weighted by Crippen LogP contribution is 2.30. The van der Waals surface area contributed by atoms with Gasteiger partial charge in [-0.3, -0.25) is 14.7 Å². The van der Waals surface area contributed by atoms with Crippen LogP contribution in [0.1, 0.15) is 24.8 Å². The number of methoxy groups -OCH3 is 1. The monoisotopic (exact) mass is 547 g/mol. The number of anilines is 2. The zero-order valence-corrected chi connectivity index (χ0v) is 21.6. The number of urea groups is 1. The van der Waals surface area contributed by atoms with Crippen LogP contribution in [0.2, 0.25) is 0 Å². The van der Waals surface area contributed by atoms with Crippen molar-refractivity contribution < 1.29 is 22.7 Å². The normalized spacial score (nSPS) is 18.2. The minimum absolute atomic E-state index is 0.00115. The molecule has 0 saturated carbocycles. The SMILES string of the molecule is CO[C@@H]1C=C(n2[nH]c3ncc(N4CCC(N(C)C(=O)Nc5cc(C(F)(F)F)cn(C)c5=O)CC4)cc3c2=O)C1. The van der Waals surface area contributed by atoms with Gasteiger partial charge in [0.2, 0.25) is 0 Å². The fraction of sp³-hybridized carbons (Fsp3) is 0.440. The number of rotatable bonds is 5. The zero-order chi connectivity index (χ0) is 28.1. The number of hydrogen-bond acceptors (Lipinski definition) is 6. The summed E-state index contributed by atoms with van der Waals surface area (Å²) < 4.78 is 47.0. The van der Waals surface area contributed by atoms with E-state index in [1.807, 2.05) is 6.08 Å². The van der Waals surface area contributed by atoms with Crippen molar-refractivity contribution in [1.82, 2.24) is 24.2 Å². The molecule has 1 aliphatic carbocycles. The Morgan fingerprint density at radius 3 is 2.54 bits per heavy atom. The van der Waals surface area contributed by atoms with Crippen LogP contribution in [0.3, 0.4) is 0 Å². The van der Waals surface area contributed by atoms with Crippen molar-refractivity contribution in [3.8, 4) is 0 Å². The largest absolute Gasteiger partial charge is 0.417 e. The number of hydrogen-bond donors (Lipinski definition) is 2. The Balaban J connectivity index is 1.24. The van der Waals surface area contributed by atoms with Gasteiger partial charge in [0.15, 0.2) is 5.65 Å². The van der Waals surface area contributed by atoms with E-state index in [2.05, 4.69) is 20.3 Å². The molecular formula is C25H28F3N7O4. The van der Waals surface area contributed by atoms with Crippen LogP contribution in [-0.4, -0.2) is 69.7 Å². The molecule has 14 heteroatoms. The van der Waals surface area contributed by atoms with Gasteiger partial charge in [0.25, 0.3) is 11.1 Å². The van der Waals surface area contributed by atoms with E-state index >= 15 is 0 Å². The Morgan fingerprint density at radius 1 is 1.21 bits per heavy atom. The van der Waals surface area contributed by atoms with Gasteiger partial charge in [-0.1, -0.05) is 0 Å². The van der Waals surface area contributed by atoms with Crippen molar-refractivity contribution >= 4 is 34.1 Å². The van der Waals surface area contributed by atoms with Gasteiger partial charge in [-0.25, -0.2) is 14.5 Å². The fourth-order valence-electron chi connectivity index (χ4n) is 4.90. The van der Waals surface area contributed by atoms with Gasteiger partial charge >= 0.3 is 12.2 Å². The van der Waals surface area contributed by atoms with Crippen LogP contribution in [0.4, 0.5) is 29.3 Å². The van der Waals surface area contributed by atoms with E-state index in [4.69, 9.17) is 4.74 Å². The maximum Gasteiger partial charge on any atom is 0.417 e. The molecule has 3 aromatic heterocycles. The summed E-state index contributed by atoms with van der Waals surface area (Å²) in [7, 11) is 4.36. The van der Waals surface area contributed by atoms with Gasteiger partial charge < -0.3 is 24.4 Å². The van der Waals surface area contributed by atoms with Crippen molar-refractivity contribution in [3.63, 3.8) is 0 Å². The number of H-pyrrole nitrogens is 1. The first kappa shape index (κ1) is 26.5. The van der Waals surface area contributed by atoms with Gasteiger partial charge in [-0.2, -0.15) is 13.2 Å². The lowest BCUT2D eigenvalue weighted by Crippen LogP contribution is -2.47. The van der Waals surface area contributed by atoms with Crippen LogP contribution in [0.15, 0.2) is 40.2 Å². The van der Waals surface area contributed by atoms with Gasteiger partial charge in [0, 0.05) is 58.7 Å². The molecule has 1 aliphatic heterocycles. The predicted molar refractivity (Wildman–Crippen MR) is 139 cm³/mol. The van der Waals surface area contributed by atoms with Crippen LogP contribution in [0.5, 0.6) is 0 Å². The number of aromatic nitrogens is 4. The van der Waals surface area contributed by atoms with E-state index < -0.39 is 29.0 Å². The number of ether oxygens (including phenoxy) is 1. The van der Waals surface area contributed by atoms with Gasteiger partial charge in [-0.15, -0.1) is 0 Å². The lowest BCUT2D eigenvalue weighted by molar-refractivity contribution is -0.138. The molecule has 11 nitrogen and oxygen atoms in total. The third-order valence-corrected chi connectivity index (χ3v) is 7.35. The molecule has 1 atom stereocenters. The molecule has 0 radical (unpaired) electrons. The average Bonchev–Trinajstić information content (AvgIpc) is 3.20. The Kier molecular flexibility index (Phi) is 6.74. The Bertz CT molecular complexity index is 1560. The first-order valence-corrected chi connectivity index (χ1v) is 12.4. The smallest absolute Gasteiger partial charge is 0.377 e. The summed E-state index contributed by atoms with van der Waals surface area (Å²) in [5, 5.41) is 5.83. The van der Waals surface area contributed by atoms with Crippen LogP contribution in [0, 0.1) is 0 Å². The van der Waals surface area contributed by atoms with E-state index in [9.17, 15) is 27.6 Å². The number of fused-ring (bicyclic) bond motifs is 1. The number of carbonyl (C=O) groups excluding carboxylic acids is 1. The minimum Gasteiger partial charge on any atom is -0.377 e. The third-order valence-electron chi connectivity index (χ3n) is 7.35. The van der Waals surface area contributed by atoms with Crippen LogP contribution in [0.25, 0.3) is 16.7 Å². The first-order valence-electron chi connectivity index (χ1n) is 12.4. The summed E-state index contributed by atoms with van der Waals surface area (Å²) >= 11 is 0. The van der Waals surface area contributed by atoms with E-state index in [1.165, 1.54) is 16.6 Å². The molecule has 5 rings (SSSR count). The molecule has 0 bridgehead atoms. The number of alkyl halides is 3. The molecule has 208 valence electrons. The number of nitrogens with zero attached hydrogens (tertiary/aromatic N) is 5. The van der Waals surface area contributed by atoms with Gasteiger partial charge in [0.05, 0.1) is 28.9 Å². The minimum atomic E-state index is -4.66. The van der Waals surface area contributed by atoms with Gasteiger partial charge in [-0.05, 0) is 31.1 Å². The van der Waals surface area contributed by atoms with Crippen LogP contribution < -0.4 is 21.3 Å². The molecule has 3 aromatic rings. The van der Waals surface area contributed by atoms with E-state index in [-0.39, 0.29) is 17.7 Å². The fourth-order valence-corrected chi connectivity index (χ4v) is 4.90. The molecule has 4 heterocycles. The summed E-state index contributed by atoms with van der Waals surface area (Å²) in [4.78, 5) is 45.9. The molecule has 1 fully saturated rings. The summed E-state index contributed by atoms with van der Waals surface area (Å²) in [5.74, 6) is 0. The van der Waals surface area contributed by atoms with Gasteiger partial charge in [0.1, 0.15) is 5.69 Å². The highest BCUT2D eigenvalue weighted by molar-refractivity contribution is 5.89. The Morgan fingerprint density at radius 2 is 1.90 bits per heavy atom. The Labute approximate surface area is 220 Å². The quantitative estimate of drug-likeness (QED) is 0.508. The molecule has 0 unspecified atom stereocenters. The topological polar surface area (TPSA) is 117 Å². The molecular weight excluding hydrogens is 519 g/mol. The molecule has 2 N–H and O–H groups in total. The summed E-state index contributed by atoms with van der Waals surface area (Å²) in [6.45, 7) is 1.14. The standard InChI is InChI=1S/C25H28F3N7O4/c1-32-13-14(25(26,27)28)8-20(23(32)37)30-24(38)33(2)15-4-6-34(7-5-15)17-11-19-21(29-12-17)31-35(22(19)36)16-9-18(10-16)39-3/h8-9,11-13,15,18H,4-7,10H2,1-3H3,(H,29,31)(H,30,38)/t18-/m1/s1. The molecule has 0 spiro atoms. The summed E-state index contributed by atoms with van der Waals surface area (Å²) in [5.41, 5.74) is -0.298. The van der Waals surface area contributed by atoms with Crippen molar-refractivity contribution in [2.45, 2.75) is 37.6 Å². The zero-order valence-electron chi connectivity index (χ0n) is 21.6. The predicted octanol–water partition coefficient (Wildman–Crippen LogP) is 2.83. The third kappa shape index (κ3) is 5.03. The second-order valence-electron chi connectivity index (χ2n) is 9.79. The van der Waals surface area contributed by atoms with Crippen LogP contribution in [-0.2, 0) is 18.0 Å². The summed E-state index contributed by atoms with van der Waals surface area (Å²) in [6.07, 6.45) is 1.38. The van der Waals surface area contributed by atoms with Crippen molar-refractivity contribution in [2.24, 2.45) is 7.05 Å². The number of carbonyl (C=O) groups is 1. The number of pyridine rings is 2. The second kappa shape index (κ2) is 9.91. The van der Waals surface area contributed by atoms with Crippen molar-refractivity contribution in [3.05, 3.63) is 56.9 Å². The van der Waals surface area contributed by atoms with Crippen LogP contribution >= 0.6 is 0 Å². The number of aromatic amines is 1. The summed E-state index contributed by atoms with van der Waals surface area (Å²) in [6, 6.07) is 1.58. The lowest BCUT2D eigenvalue weighted by atomic mass is 10.0. The number of aryl methyl sites for hydroxylation is 1. The van der Waals surface area contributed by atoms with Crippen molar-refractivity contribution in [2.75, 3.05) is 37.5 Å². The highest BCUT2D eigenvalue weighted by atomic mass is 19.4. The number of amides is 2. The highest BCUT2D eigenvalue weighted by Gasteiger charge is 2.33. The molecule has 0 aromatic carbocycles. The van der Waals surface area contributed by atoms with Crippen molar-refractivity contribution in [1.29, 1.82) is 0 Å². The molecule has 2 aliphatic rings. The van der Waals surface area contributed by atoms with E-state index in [1.54, 1.807) is 26.4 Å². The number of piperidine rings is 1. The Hall–Kier alpha value is -4.07. The molecule has 1 saturated heterocycles. The second-order valence-corrected chi connectivity index (χ2v) is 9.79. The first-order chi connectivity index (χ1) is 18.5. The maximum absolute atomic E-state index is 13.2. The maximum atomic E-state index is 13.2. The number of nitrogens with one attached hydrogen (secondary N) is 2. The van der Waals surface area contributed by atoms with E-state index in [0.29, 0.717) is 55.6 Å². The molecule has 2 amide bonds. The van der Waals surface area contributed by atoms with E-state index in [0.717, 1.165) is 16.0 Å². The lowest BCUT2D eigenvalue weighted by Gasteiger charge is -2.37.